The van der Waals surface area contributed by atoms with E-state index in [9.17, 15) is 18.0 Å². The van der Waals surface area contributed by atoms with Crippen LogP contribution in [0.15, 0.2) is 65.8 Å². The molecule has 1 N–H and O–H groups in total. The van der Waals surface area contributed by atoms with Crippen molar-refractivity contribution in [2.75, 3.05) is 30.1 Å². The number of ether oxygens (including phenoxy) is 1. The Hall–Kier alpha value is -3.62. The maximum absolute atomic E-state index is 15.0. The number of rotatable bonds is 11. The number of hydroxylamine groups is 1. The van der Waals surface area contributed by atoms with Crippen molar-refractivity contribution in [3.05, 3.63) is 93.5 Å². The zero-order chi connectivity index (χ0) is 33.0. The molecule has 2 heterocycles. The van der Waals surface area contributed by atoms with Gasteiger partial charge >= 0.3 is 0 Å². The highest BCUT2D eigenvalue weighted by Gasteiger charge is 2.25. The van der Waals surface area contributed by atoms with Gasteiger partial charge in [0.2, 0.25) is 5.91 Å². The van der Waals surface area contributed by atoms with Gasteiger partial charge in [-0.1, -0.05) is 41.4 Å². The van der Waals surface area contributed by atoms with Gasteiger partial charge in [0.1, 0.15) is 11.6 Å². The lowest BCUT2D eigenvalue weighted by Crippen LogP contribution is -2.35. The normalized spacial score (nSPS) is 12.9. The summed E-state index contributed by atoms with van der Waals surface area (Å²) in [4.78, 5) is 28.2. The number of carbonyl (C=O) groups excluding carboxylic acids is 2. The van der Waals surface area contributed by atoms with Crippen LogP contribution in [0.25, 0.3) is 11.1 Å². The third kappa shape index (κ3) is 8.02. The van der Waals surface area contributed by atoms with E-state index in [1.807, 2.05) is 37.3 Å². The second-order valence-electron chi connectivity index (χ2n) is 10.4. The molecule has 0 radical (unpaired) electrons. The molecule has 0 atom stereocenters. The lowest BCUT2D eigenvalue weighted by molar-refractivity contribution is -0.118. The van der Waals surface area contributed by atoms with Crippen molar-refractivity contribution in [1.29, 1.82) is 0 Å². The lowest BCUT2D eigenvalue weighted by Gasteiger charge is -2.30. The van der Waals surface area contributed by atoms with Gasteiger partial charge in [-0.3, -0.25) is 14.3 Å². The van der Waals surface area contributed by atoms with Crippen LogP contribution in [0.1, 0.15) is 34.3 Å². The zero-order valence-corrected chi connectivity index (χ0v) is 27.9. The molecule has 5 rings (SSSR count). The Morgan fingerprint density at radius 3 is 2.67 bits per heavy atom. The number of halogens is 3. The van der Waals surface area contributed by atoms with Crippen LogP contribution < -0.4 is 15.1 Å². The molecule has 1 aliphatic rings. The van der Waals surface area contributed by atoms with Crippen molar-refractivity contribution in [1.82, 2.24) is 15.3 Å². The molecule has 3 aromatic carbocycles. The van der Waals surface area contributed by atoms with Crippen LogP contribution in [0.5, 0.6) is 5.75 Å². The largest absolute Gasteiger partial charge is 0.493 e. The molecule has 0 saturated heterocycles. The van der Waals surface area contributed by atoms with E-state index in [1.54, 1.807) is 40.6 Å². The topological polar surface area (TPSA) is 120 Å². The quantitative estimate of drug-likeness (QED) is 0.143. The molecule has 2 amide bonds. The average Bonchev–Trinajstić information content (AvgIpc) is 3.49. The minimum absolute atomic E-state index is 0.00550. The Morgan fingerprint density at radius 1 is 1.13 bits per heavy atom. The van der Waals surface area contributed by atoms with Crippen molar-refractivity contribution in [2.45, 2.75) is 31.2 Å². The summed E-state index contributed by atoms with van der Waals surface area (Å²) in [6.45, 7) is 2.83. The fourth-order valence-electron chi connectivity index (χ4n) is 4.83. The van der Waals surface area contributed by atoms with E-state index in [-0.39, 0.29) is 28.6 Å². The summed E-state index contributed by atoms with van der Waals surface area (Å²) in [5.41, 5.74) is 4.95. The molecule has 0 spiro atoms. The number of anilines is 1. The van der Waals surface area contributed by atoms with Crippen molar-refractivity contribution >= 4 is 62.6 Å². The van der Waals surface area contributed by atoms with Gasteiger partial charge in [0.05, 0.1) is 31.3 Å². The number of nitrogens with zero attached hydrogens (tertiary/aromatic N) is 3. The van der Waals surface area contributed by atoms with Crippen molar-refractivity contribution in [2.24, 2.45) is 0 Å². The fraction of sp³-hybridized carbons (Fsp3) is 0.258. The van der Waals surface area contributed by atoms with Crippen molar-refractivity contribution in [3.63, 3.8) is 0 Å². The Labute approximate surface area is 279 Å². The van der Waals surface area contributed by atoms with Crippen LogP contribution in [-0.2, 0) is 25.7 Å². The van der Waals surface area contributed by atoms with E-state index < -0.39 is 21.8 Å². The summed E-state index contributed by atoms with van der Waals surface area (Å²) >= 11 is 14.1. The highest BCUT2D eigenvalue weighted by Crippen LogP contribution is 2.42. The molecule has 15 heteroatoms. The second-order valence-corrected chi connectivity index (χ2v) is 13.9. The Bertz CT molecular complexity index is 1880. The number of nitrogens with one attached hydrogen (secondary N) is 1. The fourth-order valence-corrected chi connectivity index (χ4v) is 6.63. The average molecular weight is 708 g/mol. The maximum atomic E-state index is 15.0. The van der Waals surface area contributed by atoms with Crippen LogP contribution in [0.4, 0.5) is 10.1 Å². The third-order valence-corrected chi connectivity index (χ3v) is 9.35. The second kappa shape index (κ2) is 14.4. The van der Waals surface area contributed by atoms with E-state index in [2.05, 4.69) is 9.38 Å². The Balaban J connectivity index is 1.26. The number of benzene rings is 3. The number of hydrogen-bond donors (Lipinski definition) is 1. The van der Waals surface area contributed by atoms with Gasteiger partial charge in [0.15, 0.2) is 0 Å². The van der Waals surface area contributed by atoms with Crippen LogP contribution in [-0.4, -0.2) is 55.2 Å². The first-order valence-electron chi connectivity index (χ1n) is 14.0. The summed E-state index contributed by atoms with van der Waals surface area (Å²) in [7, 11) is -3.95. The van der Waals surface area contributed by atoms with Crippen LogP contribution in [0.3, 0.4) is 0 Å². The van der Waals surface area contributed by atoms with E-state index in [4.69, 9.17) is 27.9 Å². The molecule has 0 unspecified atom stereocenters. The van der Waals surface area contributed by atoms with Gasteiger partial charge in [-0.15, -0.1) is 16.0 Å². The smallest absolute Gasteiger partial charge is 0.285 e. The van der Waals surface area contributed by atoms with Gasteiger partial charge in [-0.25, -0.2) is 9.87 Å². The minimum Gasteiger partial charge on any atom is -0.493 e. The molecular formula is C31H29Cl2FN4O6S2. The predicted molar refractivity (Wildman–Crippen MR) is 176 cm³/mol. The van der Waals surface area contributed by atoms with Gasteiger partial charge in [0.25, 0.3) is 16.0 Å². The zero-order valence-electron chi connectivity index (χ0n) is 24.8. The van der Waals surface area contributed by atoms with Crippen LogP contribution in [0, 0.1) is 12.7 Å². The van der Waals surface area contributed by atoms with E-state index >= 15 is 4.39 Å². The molecule has 1 aliphatic heterocycles. The predicted octanol–water partition coefficient (Wildman–Crippen LogP) is 6.27. The van der Waals surface area contributed by atoms with Gasteiger partial charge in [-0.05, 0) is 43.7 Å². The van der Waals surface area contributed by atoms with Crippen molar-refractivity contribution < 1.29 is 31.4 Å². The van der Waals surface area contributed by atoms with Gasteiger partial charge in [0, 0.05) is 67.7 Å². The SMILES string of the molecule is Cc1c(Cl)cccc1OCCCC(=O)N1CCSc2c(-c3cnn(Cc4c(F)cc(C(=O)NOS(C)(=O)=O)cc4Cl)c3)cccc21. The Morgan fingerprint density at radius 2 is 1.91 bits per heavy atom. The maximum Gasteiger partial charge on any atom is 0.285 e. The minimum atomic E-state index is -3.95. The molecule has 242 valence electrons. The molecule has 0 fully saturated rings. The standard InChI is InChI=1S/C31H29Cl2FN4O6S2/c1-19-24(32)7-4-9-28(19)43-12-5-10-29(39)38-11-13-45-30-22(6-3-8-27(30)38)21-16-35-37(17-21)18-23-25(33)14-20(15-26(23)34)31(40)36-44-46(2,41)42/h3-4,6-9,14-17H,5,10-13,18H2,1-2H3,(H,36,40). The number of thioether (sulfide) groups is 1. The summed E-state index contributed by atoms with van der Waals surface area (Å²) < 4.78 is 48.9. The molecule has 0 aliphatic carbocycles. The molecular weight excluding hydrogens is 678 g/mol. The number of fused-ring (bicyclic) bond motifs is 1. The monoisotopic (exact) mass is 706 g/mol. The first-order valence-corrected chi connectivity index (χ1v) is 17.6. The lowest BCUT2D eigenvalue weighted by atomic mass is 10.1. The van der Waals surface area contributed by atoms with E-state index in [1.165, 1.54) is 10.7 Å². The van der Waals surface area contributed by atoms with Gasteiger partial charge < -0.3 is 9.64 Å². The number of amides is 2. The highest BCUT2D eigenvalue weighted by molar-refractivity contribution is 7.99. The first-order chi connectivity index (χ1) is 21.9. The van der Waals surface area contributed by atoms with E-state index in [0.717, 1.165) is 45.3 Å². The number of hydrogen-bond acceptors (Lipinski definition) is 8. The van der Waals surface area contributed by atoms with Crippen LogP contribution in [0.2, 0.25) is 10.0 Å². The molecule has 46 heavy (non-hydrogen) atoms. The summed E-state index contributed by atoms with van der Waals surface area (Å²) in [5, 5.41) is 4.98. The van der Waals surface area contributed by atoms with Crippen molar-refractivity contribution in [3.8, 4) is 16.9 Å². The third-order valence-electron chi connectivity index (χ3n) is 7.11. The molecule has 0 bridgehead atoms. The molecule has 1 aromatic heterocycles. The Kier molecular flexibility index (Phi) is 10.6. The number of carbonyl (C=O) groups is 2. The highest BCUT2D eigenvalue weighted by atomic mass is 35.5. The first kappa shape index (κ1) is 33.7. The summed E-state index contributed by atoms with van der Waals surface area (Å²) in [5.74, 6) is -0.317. The number of aromatic nitrogens is 2. The summed E-state index contributed by atoms with van der Waals surface area (Å²) in [6, 6.07) is 13.4. The molecule has 4 aromatic rings. The van der Waals surface area contributed by atoms with Crippen LogP contribution >= 0.6 is 35.0 Å². The van der Waals surface area contributed by atoms with E-state index in [0.29, 0.717) is 36.8 Å². The molecule has 10 nitrogen and oxygen atoms in total. The summed E-state index contributed by atoms with van der Waals surface area (Å²) in [6.07, 6.45) is 5.04. The van der Waals surface area contributed by atoms with Gasteiger partial charge in [-0.2, -0.15) is 13.5 Å². The molecule has 0 saturated carbocycles.